The summed E-state index contributed by atoms with van der Waals surface area (Å²) >= 11 is 0. The minimum Gasteiger partial charge on any atom is -0.381 e. The SMILES string of the molecule is NCC1(C(=O)NC2CCC(=O)NC2)CCOCC1. The topological polar surface area (TPSA) is 93.5 Å². The van der Waals surface area contributed by atoms with Crippen molar-refractivity contribution in [3.05, 3.63) is 0 Å². The quantitative estimate of drug-likeness (QED) is 0.611. The Morgan fingerprint density at radius 1 is 1.50 bits per heavy atom. The van der Waals surface area contributed by atoms with E-state index >= 15 is 0 Å². The summed E-state index contributed by atoms with van der Waals surface area (Å²) in [5.74, 6) is 0.0644. The molecule has 0 aromatic rings. The van der Waals surface area contributed by atoms with Crippen molar-refractivity contribution in [3.8, 4) is 0 Å². The smallest absolute Gasteiger partial charge is 0.227 e. The Morgan fingerprint density at radius 2 is 2.22 bits per heavy atom. The van der Waals surface area contributed by atoms with Gasteiger partial charge in [-0.3, -0.25) is 9.59 Å². The van der Waals surface area contributed by atoms with Crippen molar-refractivity contribution in [1.29, 1.82) is 0 Å². The lowest BCUT2D eigenvalue weighted by atomic mass is 9.79. The Bertz CT molecular complexity index is 317. The van der Waals surface area contributed by atoms with Crippen molar-refractivity contribution in [2.75, 3.05) is 26.3 Å². The lowest BCUT2D eigenvalue weighted by Crippen LogP contribution is -2.55. The molecule has 102 valence electrons. The molecule has 4 N–H and O–H groups in total. The van der Waals surface area contributed by atoms with Crippen LogP contribution in [0.2, 0.25) is 0 Å². The zero-order chi connectivity index (χ0) is 13.0. The lowest BCUT2D eigenvalue weighted by molar-refractivity contribution is -0.137. The standard InChI is InChI=1S/C12H21N3O3/c13-8-12(3-5-18-6-4-12)11(17)15-9-1-2-10(16)14-7-9/h9H,1-8,13H2,(H,14,16)(H,15,17). The number of carbonyl (C=O) groups is 2. The van der Waals surface area contributed by atoms with Crippen molar-refractivity contribution < 1.29 is 14.3 Å². The second kappa shape index (κ2) is 5.67. The number of hydrogen-bond donors (Lipinski definition) is 3. The molecule has 0 spiro atoms. The molecule has 6 nitrogen and oxygen atoms in total. The normalized spacial score (nSPS) is 27.4. The molecule has 0 aromatic carbocycles. The van der Waals surface area contributed by atoms with Gasteiger partial charge < -0.3 is 21.1 Å². The fourth-order valence-corrected chi connectivity index (χ4v) is 2.48. The first-order chi connectivity index (χ1) is 8.66. The molecule has 0 aromatic heterocycles. The van der Waals surface area contributed by atoms with Gasteiger partial charge in [-0.1, -0.05) is 0 Å². The third kappa shape index (κ3) is 2.81. The van der Waals surface area contributed by atoms with Crippen LogP contribution in [0.1, 0.15) is 25.7 Å². The molecule has 0 radical (unpaired) electrons. The van der Waals surface area contributed by atoms with Crippen LogP contribution in [0, 0.1) is 5.41 Å². The van der Waals surface area contributed by atoms with Gasteiger partial charge in [0.25, 0.3) is 0 Å². The largest absolute Gasteiger partial charge is 0.381 e. The van der Waals surface area contributed by atoms with Crippen molar-refractivity contribution in [3.63, 3.8) is 0 Å². The van der Waals surface area contributed by atoms with E-state index in [-0.39, 0.29) is 17.9 Å². The predicted molar refractivity (Wildman–Crippen MR) is 65.7 cm³/mol. The molecule has 2 saturated heterocycles. The summed E-state index contributed by atoms with van der Waals surface area (Å²) in [5.41, 5.74) is 5.29. The van der Waals surface area contributed by atoms with E-state index in [4.69, 9.17) is 10.5 Å². The van der Waals surface area contributed by atoms with Crippen LogP contribution >= 0.6 is 0 Å². The van der Waals surface area contributed by atoms with E-state index in [2.05, 4.69) is 10.6 Å². The molecule has 6 heteroatoms. The maximum Gasteiger partial charge on any atom is 0.227 e. The first kappa shape index (κ1) is 13.3. The second-order valence-electron chi connectivity index (χ2n) is 5.11. The van der Waals surface area contributed by atoms with Gasteiger partial charge in [-0.15, -0.1) is 0 Å². The van der Waals surface area contributed by atoms with Crippen LogP contribution < -0.4 is 16.4 Å². The summed E-state index contributed by atoms with van der Waals surface area (Å²) in [5, 5.41) is 5.77. The highest BCUT2D eigenvalue weighted by Gasteiger charge is 2.39. The molecule has 2 rings (SSSR count). The molecule has 1 unspecified atom stereocenters. The highest BCUT2D eigenvalue weighted by atomic mass is 16.5. The molecule has 2 heterocycles. The van der Waals surface area contributed by atoms with Crippen molar-refractivity contribution in [2.45, 2.75) is 31.7 Å². The van der Waals surface area contributed by atoms with Crippen LogP contribution in [0.5, 0.6) is 0 Å². The fourth-order valence-electron chi connectivity index (χ4n) is 2.48. The van der Waals surface area contributed by atoms with E-state index < -0.39 is 5.41 Å². The Labute approximate surface area is 107 Å². The molecule has 2 aliphatic heterocycles. The average molecular weight is 255 g/mol. The third-order valence-electron chi connectivity index (χ3n) is 3.92. The Hall–Kier alpha value is -1.14. The van der Waals surface area contributed by atoms with Crippen LogP contribution in [-0.4, -0.2) is 44.2 Å². The maximum absolute atomic E-state index is 12.3. The van der Waals surface area contributed by atoms with E-state index in [1.54, 1.807) is 0 Å². The van der Waals surface area contributed by atoms with Gasteiger partial charge in [-0.2, -0.15) is 0 Å². The molecule has 0 saturated carbocycles. The van der Waals surface area contributed by atoms with Crippen LogP contribution in [0.3, 0.4) is 0 Å². The van der Waals surface area contributed by atoms with E-state index in [0.717, 1.165) is 0 Å². The molecular formula is C12H21N3O3. The van der Waals surface area contributed by atoms with Crippen LogP contribution in [-0.2, 0) is 14.3 Å². The maximum atomic E-state index is 12.3. The number of hydrogen-bond acceptors (Lipinski definition) is 4. The van der Waals surface area contributed by atoms with Crippen molar-refractivity contribution >= 4 is 11.8 Å². The summed E-state index contributed by atoms with van der Waals surface area (Å²) in [6.45, 7) is 2.04. The Kier molecular flexibility index (Phi) is 4.19. The number of rotatable bonds is 3. The summed E-state index contributed by atoms with van der Waals surface area (Å²) < 4.78 is 5.29. The molecule has 0 aliphatic carbocycles. The molecule has 18 heavy (non-hydrogen) atoms. The number of carbonyl (C=O) groups excluding carboxylic acids is 2. The van der Waals surface area contributed by atoms with Gasteiger partial charge in [-0.25, -0.2) is 0 Å². The van der Waals surface area contributed by atoms with Crippen molar-refractivity contribution in [2.24, 2.45) is 11.1 Å². The Balaban J connectivity index is 1.91. The Morgan fingerprint density at radius 3 is 2.78 bits per heavy atom. The molecule has 2 amide bonds. The first-order valence-electron chi connectivity index (χ1n) is 6.52. The highest BCUT2D eigenvalue weighted by Crippen LogP contribution is 2.29. The van der Waals surface area contributed by atoms with Gasteiger partial charge in [0, 0.05) is 38.8 Å². The fraction of sp³-hybridized carbons (Fsp3) is 0.833. The van der Waals surface area contributed by atoms with Gasteiger partial charge in [0.2, 0.25) is 11.8 Å². The third-order valence-corrected chi connectivity index (χ3v) is 3.92. The van der Waals surface area contributed by atoms with Crippen LogP contribution in [0.15, 0.2) is 0 Å². The van der Waals surface area contributed by atoms with E-state index in [9.17, 15) is 9.59 Å². The van der Waals surface area contributed by atoms with Gasteiger partial charge in [0.1, 0.15) is 0 Å². The van der Waals surface area contributed by atoms with E-state index in [1.807, 2.05) is 0 Å². The monoisotopic (exact) mass is 255 g/mol. The summed E-state index contributed by atoms with van der Waals surface area (Å²) in [7, 11) is 0. The number of amides is 2. The lowest BCUT2D eigenvalue weighted by Gasteiger charge is -2.36. The van der Waals surface area contributed by atoms with Gasteiger partial charge in [0.05, 0.1) is 5.41 Å². The van der Waals surface area contributed by atoms with Gasteiger partial charge >= 0.3 is 0 Å². The number of nitrogens with two attached hydrogens (primary N) is 1. The first-order valence-corrected chi connectivity index (χ1v) is 6.52. The summed E-state index contributed by atoms with van der Waals surface area (Å²) in [6.07, 6.45) is 2.53. The predicted octanol–water partition coefficient (Wildman–Crippen LogP) is -0.863. The minimum atomic E-state index is -0.486. The van der Waals surface area contributed by atoms with E-state index in [0.29, 0.717) is 52.0 Å². The van der Waals surface area contributed by atoms with Gasteiger partial charge in [0.15, 0.2) is 0 Å². The molecular weight excluding hydrogens is 234 g/mol. The minimum absolute atomic E-state index is 0.00875. The molecule has 2 fully saturated rings. The van der Waals surface area contributed by atoms with Crippen LogP contribution in [0.4, 0.5) is 0 Å². The van der Waals surface area contributed by atoms with Crippen LogP contribution in [0.25, 0.3) is 0 Å². The summed E-state index contributed by atoms with van der Waals surface area (Å²) in [6, 6.07) is 0.0291. The van der Waals surface area contributed by atoms with Gasteiger partial charge in [-0.05, 0) is 19.3 Å². The summed E-state index contributed by atoms with van der Waals surface area (Å²) in [4.78, 5) is 23.4. The second-order valence-corrected chi connectivity index (χ2v) is 5.11. The zero-order valence-corrected chi connectivity index (χ0v) is 10.5. The number of piperidine rings is 1. The highest BCUT2D eigenvalue weighted by molar-refractivity contribution is 5.84. The van der Waals surface area contributed by atoms with Crippen molar-refractivity contribution in [1.82, 2.24) is 10.6 Å². The molecule has 1 atom stereocenters. The molecule has 0 bridgehead atoms. The number of ether oxygens (including phenoxy) is 1. The average Bonchev–Trinajstić information content (AvgIpc) is 2.42. The zero-order valence-electron chi connectivity index (χ0n) is 10.5. The van der Waals surface area contributed by atoms with E-state index in [1.165, 1.54) is 0 Å². The number of nitrogens with one attached hydrogen (secondary N) is 2. The molecule has 2 aliphatic rings.